The highest BCUT2D eigenvalue weighted by Crippen LogP contribution is 2.34. The molecule has 1 rings (SSSR count). The van der Waals surface area contributed by atoms with Gasteiger partial charge < -0.3 is 9.84 Å². The summed E-state index contributed by atoms with van der Waals surface area (Å²) >= 11 is 2.73. The Morgan fingerprint density at radius 2 is 2.57 bits per heavy atom. The van der Waals surface area contributed by atoms with Crippen LogP contribution in [0.5, 0.6) is 5.75 Å². The molecule has 0 aliphatic rings. The van der Waals surface area contributed by atoms with Crippen LogP contribution in [0.1, 0.15) is 9.67 Å². The van der Waals surface area contributed by atoms with Crippen molar-refractivity contribution in [3.8, 4) is 5.75 Å². The minimum Gasteiger partial charge on any atom is -0.488 e. The SMILES string of the molecule is C=CCOc1cc(SC)sc1C(=O)O. The van der Waals surface area contributed by atoms with Crippen LogP contribution in [-0.4, -0.2) is 23.9 Å². The summed E-state index contributed by atoms with van der Waals surface area (Å²) in [7, 11) is 0. The Morgan fingerprint density at radius 1 is 1.86 bits per heavy atom. The Labute approximate surface area is 90.4 Å². The first kappa shape index (κ1) is 11.1. The number of ether oxygens (including phenoxy) is 1. The van der Waals surface area contributed by atoms with Gasteiger partial charge in [0.2, 0.25) is 0 Å². The van der Waals surface area contributed by atoms with Crippen molar-refractivity contribution in [2.75, 3.05) is 12.9 Å². The van der Waals surface area contributed by atoms with Crippen molar-refractivity contribution >= 4 is 29.1 Å². The van der Waals surface area contributed by atoms with E-state index in [1.165, 1.54) is 23.1 Å². The number of carbonyl (C=O) groups is 1. The molecular formula is C9H10O3S2. The molecule has 1 aromatic rings. The van der Waals surface area contributed by atoms with Gasteiger partial charge in [0.15, 0.2) is 4.88 Å². The van der Waals surface area contributed by atoms with Crippen LogP contribution in [0.25, 0.3) is 0 Å². The minimum absolute atomic E-state index is 0.246. The van der Waals surface area contributed by atoms with E-state index in [1.807, 2.05) is 6.26 Å². The van der Waals surface area contributed by atoms with Gasteiger partial charge in [-0.05, 0) is 6.26 Å². The fraction of sp³-hybridized carbons (Fsp3) is 0.222. The van der Waals surface area contributed by atoms with Crippen LogP contribution < -0.4 is 4.74 Å². The van der Waals surface area contributed by atoms with E-state index in [2.05, 4.69) is 6.58 Å². The third kappa shape index (κ3) is 2.52. The molecule has 0 aromatic carbocycles. The lowest BCUT2D eigenvalue weighted by atomic mass is 10.4. The van der Waals surface area contributed by atoms with Gasteiger partial charge >= 0.3 is 5.97 Å². The van der Waals surface area contributed by atoms with Gasteiger partial charge in [0, 0.05) is 6.07 Å². The van der Waals surface area contributed by atoms with E-state index in [4.69, 9.17) is 9.84 Å². The minimum atomic E-state index is -0.950. The standard InChI is InChI=1S/C9H10O3S2/c1-3-4-12-6-5-7(13-2)14-8(6)9(10)11/h3,5H,1,4H2,2H3,(H,10,11). The summed E-state index contributed by atoms with van der Waals surface area (Å²) in [6.45, 7) is 3.83. The molecule has 1 heterocycles. The predicted molar refractivity (Wildman–Crippen MR) is 58.8 cm³/mol. The van der Waals surface area contributed by atoms with Crippen LogP contribution >= 0.6 is 23.1 Å². The molecule has 0 aliphatic heterocycles. The molecule has 0 bridgehead atoms. The molecule has 0 aliphatic carbocycles. The molecule has 14 heavy (non-hydrogen) atoms. The van der Waals surface area contributed by atoms with Crippen LogP contribution in [0, 0.1) is 0 Å². The monoisotopic (exact) mass is 230 g/mol. The van der Waals surface area contributed by atoms with Crippen LogP contribution in [0.3, 0.4) is 0 Å². The van der Waals surface area contributed by atoms with E-state index in [0.717, 1.165) is 4.21 Å². The number of rotatable bonds is 5. The van der Waals surface area contributed by atoms with Crippen molar-refractivity contribution in [2.24, 2.45) is 0 Å². The molecule has 0 saturated carbocycles. The number of thioether (sulfide) groups is 1. The molecule has 0 saturated heterocycles. The van der Waals surface area contributed by atoms with Gasteiger partial charge in [-0.15, -0.1) is 23.1 Å². The first-order chi connectivity index (χ1) is 6.69. The third-order valence-electron chi connectivity index (χ3n) is 1.43. The maximum absolute atomic E-state index is 10.8. The highest BCUT2D eigenvalue weighted by Gasteiger charge is 2.15. The summed E-state index contributed by atoms with van der Waals surface area (Å²) in [5.74, 6) is -0.527. The van der Waals surface area contributed by atoms with Crippen molar-refractivity contribution in [3.05, 3.63) is 23.6 Å². The van der Waals surface area contributed by atoms with Crippen LogP contribution in [-0.2, 0) is 0 Å². The van der Waals surface area contributed by atoms with Gasteiger partial charge in [0.25, 0.3) is 0 Å². The van der Waals surface area contributed by atoms with Crippen LogP contribution in [0.2, 0.25) is 0 Å². The second kappa shape index (κ2) is 5.07. The number of hydrogen-bond donors (Lipinski definition) is 1. The van der Waals surface area contributed by atoms with Crippen LogP contribution in [0.15, 0.2) is 22.9 Å². The first-order valence-electron chi connectivity index (χ1n) is 3.83. The van der Waals surface area contributed by atoms with E-state index in [1.54, 1.807) is 12.1 Å². The van der Waals surface area contributed by atoms with Crippen LogP contribution in [0.4, 0.5) is 0 Å². The Morgan fingerprint density at radius 3 is 3.07 bits per heavy atom. The number of aromatic carboxylic acids is 1. The Bertz CT molecular complexity index is 344. The highest BCUT2D eigenvalue weighted by molar-refractivity contribution is 8.00. The molecule has 1 aromatic heterocycles. The molecule has 0 unspecified atom stereocenters. The molecule has 0 amide bonds. The maximum atomic E-state index is 10.8. The second-order valence-corrected chi connectivity index (χ2v) is 4.53. The molecule has 0 radical (unpaired) electrons. The van der Waals surface area contributed by atoms with Gasteiger partial charge in [0.1, 0.15) is 12.4 Å². The average molecular weight is 230 g/mol. The Hall–Kier alpha value is -0.940. The Balaban J connectivity index is 2.93. The van der Waals surface area contributed by atoms with E-state index < -0.39 is 5.97 Å². The zero-order valence-electron chi connectivity index (χ0n) is 7.65. The van der Waals surface area contributed by atoms with E-state index in [9.17, 15) is 4.79 Å². The van der Waals surface area contributed by atoms with E-state index >= 15 is 0 Å². The van der Waals surface area contributed by atoms with Crippen molar-refractivity contribution in [2.45, 2.75) is 4.21 Å². The largest absolute Gasteiger partial charge is 0.488 e. The van der Waals surface area contributed by atoms with E-state index in [0.29, 0.717) is 12.4 Å². The number of carboxylic acids is 1. The quantitative estimate of drug-likeness (QED) is 0.624. The molecule has 76 valence electrons. The van der Waals surface area contributed by atoms with Crippen molar-refractivity contribution in [1.82, 2.24) is 0 Å². The summed E-state index contributed by atoms with van der Waals surface area (Å²) in [5, 5.41) is 8.87. The number of carboxylic acid groups (broad SMARTS) is 1. The van der Waals surface area contributed by atoms with Gasteiger partial charge in [-0.3, -0.25) is 0 Å². The zero-order valence-corrected chi connectivity index (χ0v) is 9.28. The van der Waals surface area contributed by atoms with Gasteiger partial charge in [-0.1, -0.05) is 12.7 Å². The third-order valence-corrected chi connectivity index (χ3v) is 3.60. The highest BCUT2D eigenvalue weighted by atomic mass is 32.2. The second-order valence-electron chi connectivity index (χ2n) is 2.37. The summed E-state index contributed by atoms with van der Waals surface area (Å²) in [4.78, 5) is 11.1. The molecule has 0 atom stereocenters. The van der Waals surface area contributed by atoms with Gasteiger partial charge in [-0.25, -0.2) is 4.79 Å². The number of hydrogen-bond acceptors (Lipinski definition) is 4. The summed E-state index contributed by atoms with van der Waals surface area (Å²) in [6.07, 6.45) is 3.48. The molecule has 5 heteroatoms. The van der Waals surface area contributed by atoms with Gasteiger partial charge in [0.05, 0.1) is 4.21 Å². The number of thiophene rings is 1. The zero-order chi connectivity index (χ0) is 10.6. The average Bonchev–Trinajstić information content (AvgIpc) is 2.58. The van der Waals surface area contributed by atoms with Crippen molar-refractivity contribution in [3.63, 3.8) is 0 Å². The van der Waals surface area contributed by atoms with Gasteiger partial charge in [-0.2, -0.15) is 0 Å². The molecular weight excluding hydrogens is 220 g/mol. The molecule has 3 nitrogen and oxygen atoms in total. The van der Waals surface area contributed by atoms with Crippen molar-refractivity contribution in [1.29, 1.82) is 0 Å². The topological polar surface area (TPSA) is 46.5 Å². The normalized spacial score (nSPS) is 9.79. The lowest BCUT2D eigenvalue weighted by Crippen LogP contribution is -1.98. The fourth-order valence-corrected chi connectivity index (χ4v) is 2.34. The molecule has 0 spiro atoms. The summed E-state index contributed by atoms with van der Waals surface area (Å²) in [5.41, 5.74) is 0. The summed E-state index contributed by atoms with van der Waals surface area (Å²) < 4.78 is 6.16. The first-order valence-corrected chi connectivity index (χ1v) is 5.88. The fourth-order valence-electron chi connectivity index (χ4n) is 0.858. The molecule has 1 N–H and O–H groups in total. The maximum Gasteiger partial charge on any atom is 0.349 e. The Kier molecular flexibility index (Phi) is 4.03. The van der Waals surface area contributed by atoms with E-state index in [-0.39, 0.29) is 4.88 Å². The lowest BCUT2D eigenvalue weighted by molar-refractivity contribution is 0.0698. The predicted octanol–water partition coefficient (Wildman–Crippen LogP) is 2.73. The smallest absolute Gasteiger partial charge is 0.349 e. The summed E-state index contributed by atoms with van der Waals surface area (Å²) in [6, 6.07) is 1.74. The molecule has 0 fully saturated rings. The van der Waals surface area contributed by atoms with Crippen molar-refractivity contribution < 1.29 is 14.6 Å². The lowest BCUT2D eigenvalue weighted by Gasteiger charge is -1.99.